The highest BCUT2D eigenvalue weighted by molar-refractivity contribution is 9.10. The first-order valence-electron chi connectivity index (χ1n) is 13.0. The van der Waals surface area contributed by atoms with Gasteiger partial charge >= 0.3 is 5.97 Å². The van der Waals surface area contributed by atoms with Crippen molar-refractivity contribution in [3.8, 4) is 11.5 Å². The Morgan fingerprint density at radius 2 is 1.73 bits per heavy atom. The minimum Gasteiger partial charge on any atom is -0.490 e. The minimum atomic E-state index is -0.961. The molecule has 1 unspecified atom stereocenters. The standard InChI is InChI=1S/C31H30BrNO5S2/c1-3-16-38-30(35)27(23-13-9-6-10-14-23)33-29(34)26(40-31(33)39)20-22-18-24(32)28(25(19-22)36-4-2)37-17-15-21-11-7-5-8-12-21/h5-14,18-20,27H,3-4,15-17H2,1-2H3/b26-20-. The molecular formula is C31H30BrNO5S2. The number of hydrogen-bond donors (Lipinski definition) is 0. The molecule has 1 fully saturated rings. The topological polar surface area (TPSA) is 65.1 Å². The maximum Gasteiger partial charge on any atom is 0.333 e. The molecule has 1 aliphatic rings. The van der Waals surface area contributed by atoms with E-state index in [0.717, 1.165) is 23.7 Å². The van der Waals surface area contributed by atoms with Gasteiger partial charge in [0.15, 0.2) is 17.5 Å². The molecule has 0 radical (unpaired) electrons. The Bertz CT molecular complexity index is 1380. The van der Waals surface area contributed by atoms with Crippen molar-refractivity contribution in [3.05, 3.63) is 98.9 Å². The maximum atomic E-state index is 13.6. The number of ether oxygens (including phenoxy) is 3. The van der Waals surface area contributed by atoms with Gasteiger partial charge in [-0.1, -0.05) is 91.6 Å². The van der Waals surface area contributed by atoms with Crippen LogP contribution in [0, 0.1) is 0 Å². The summed E-state index contributed by atoms with van der Waals surface area (Å²) in [7, 11) is 0. The van der Waals surface area contributed by atoms with E-state index in [9.17, 15) is 9.59 Å². The van der Waals surface area contributed by atoms with Crippen LogP contribution in [0.15, 0.2) is 82.2 Å². The summed E-state index contributed by atoms with van der Waals surface area (Å²) in [5.74, 6) is 0.306. The van der Waals surface area contributed by atoms with Gasteiger partial charge in [-0.05, 0) is 64.2 Å². The predicted molar refractivity (Wildman–Crippen MR) is 166 cm³/mol. The minimum absolute atomic E-state index is 0.265. The van der Waals surface area contributed by atoms with Crippen molar-refractivity contribution >= 4 is 62.2 Å². The lowest BCUT2D eigenvalue weighted by atomic mass is 10.1. The van der Waals surface area contributed by atoms with Crippen molar-refractivity contribution in [1.29, 1.82) is 0 Å². The van der Waals surface area contributed by atoms with Crippen LogP contribution >= 0.6 is 39.9 Å². The molecule has 6 nitrogen and oxygen atoms in total. The number of benzene rings is 3. The highest BCUT2D eigenvalue weighted by Crippen LogP contribution is 2.41. The number of hydrogen-bond acceptors (Lipinski definition) is 7. The van der Waals surface area contributed by atoms with E-state index in [-0.39, 0.29) is 12.5 Å². The summed E-state index contributed by atoms with van der Waals surface area (Å²) in [5.41, 5.74) is 2.55. The highest BCUT2D eigenvalue weighted by Gasteiger charge is 2.42. The fourth-order valence-corrected chi connectivity index (χ4v) is 6.04. The Labute approximate surface area is 252 Å². The van der Waals surface area contributed by atoms with Crippen LogP contribution in [-0.4, -0.2) is 40.9 Å². The first kappa shape index (κ1) is 29.8. The van der Waals surface area contributed by atoms with Gasteiger partial charge in [-0.3, -0.25) is 9.69 Å². The average Bonchev–Trinajstić information content (AvgIpc) is 3.22. The quantitative estimate of drug-likeness (QED) is 0.116. The molecule has 3 aromatic carbocycles. The molecular weight excluding hydrogens is 610 g/mol. The normalized spacial score (nSPS) is 14.9. The molecule has 1 atom stereocenters. The van der Waals surface area contributed by atoms with E-state index in [1.807, 2.05) is 62.4 Å². The number of thioether (sulfide) groups is 1. The van der Waals surface area contributed by atoms with E-state index >= 15 is 0 Å². The molecule has 40 heavy (non-hydrogen) atoms. The SMILES string of the molecule is CCCOC(=O)C(c1ccccc1)N1C(=O)/C(=C/c2cc(Br)c(OCCc3ccccc3)c(OCC)c2)SC1=S. The smallest absolute Gasteiger partial charge is 0.333 e. The second-order valence-electron chi connectivity index (χ2n) is 8.88. The first-order valence-corrected chi connectivity index (χ1v) is 15.1. The molecule has 0 saturated carbocycles. The third-order valence-electron chi connectivity index (χ3n) is 5.98. The van der Waals surface area contributed by atoms with Gasteiger partial charge in [0.25, 0.3) is 5.91 Å². The monoisotopic (exact) mass is 639 g/mol. The number of esters is 1. The average molecular weight is 641 g/mol. The van der Waals surface area contributed by atoms with Crippen LogP contribution in [0.5, 0.6) is 11.5 Å². The zero-order valence-electron chi connectivity index (χ0n) is 22.3. The molecule has 0 bridgehead atoms. The van der Waals surface area contributed by atoms with Gasteiger partial charge < -0.3 is 14.2 Å². The first-order chi connectivity index (χ1) is 19.4. The van der Waals surface area contributed by atoms with Crippen LogP contribution in [0.1, 0.15) is 43.0 Å². The van der Waals surface area contributed by atoms with Crippen molar-refractivity contribution < 1.29 is 23.8 Å². The van der Waals surface area contributed by atoms with Crippen molar-refractivity contribution in [3.63, 3.8) is 0 Å². The van der Waals surface area contributed by atoms with Gasteiger partial charge in [-0.15, -0.1) is 0 Å². The Balaban J connectivity index is 1.58. The lowest BCUT2D eigenvalue weighted by Crippen LogP contribution is -2.38. The Hall–Kier alpha value is -3.14. The summed E-state index contributed by atoms with van der Waals surface area (Å²) in [4.78, 5) is 28.5. The number of amides is 1. The van der Waals surface area contributed by atoms with Crippen LogP contribution < -0.4 is 9.47 Å². The molecule has 0 aliphatic carbocycles. The van der Waals surface area contributed by atoms with Gasteiger partial charge in [0.2, 0.25) is 0 Å². The summed E-state index contributed by atoms with van der Waals surface area (Å²) in [6.07, 6.45) is 3.18. The molecule has 0 aromatic heterocycles. The lowest BCUT2D eigenvalue weighted by Gasteiger charge is -2.25. The largest absolute Gasteiger partial charge is 0.490 e. The number of nitrogens with zero attached hydrogens (tertiary/aromatic N) is 1. The number of carbonyl (C=O) groups excluding carboxylic acids is 2. The van der Waals surface area contributed by atoms with Crippen LogP contribution in [0.4, 0.5) is 0 Å². The maximum absolute atomic E-state index is 13.6. The summed E-state index contributed by atoms with van der Waals surface area (Å²) in [6, 6.07) is 21.9. The second kappa shape index (κ2) is 14.5. The van der Waals surface area contributed by atoms with E-state index in [2.05, 4.69) is 28.1 Å². The van der Waals surface area contributed by atoms with E-state index in [4.69, 9.17) is 26.4 Å². The lowest BCUT2D eigenvalue weighted by molar-refractivity contribution is -0.151. The number of halogens is 1. The van der Waals surface area contributed by atoms with Crippen molar-refractivity contribution in [2.75, 3.05) is 19.8 Å². The Morgan fingerprint density at radius 3 is 2.40 bits per heavy atom. The predicted octanol–water partition coefficient (Wildman–Crippen LogP) is 7.37. The molecule has 1 aliphatic heterocycles. The van der Waals surface area contributed by atoms with Gasteiger partial charge in [0.1, 0.15) is 4.32 Å². The molecule has 208 valence electrons. The number of thiocarbonyl (C=S) groups is 1. The summed E-state index contributed by atoms with van der Waals surface area (Å²) >= 11 is 10.4. The number of carbonyl (C=O) groups is 2. The van der Waals surface area contributed by atoms with Crippen molar-refractivity contribution in [2.45, 2.75) is 32.7 Å². The molecule has 1 saturated heterocycles. The second-order valence-corrected chi connectivity index (χ2v) is 11.4. The van der Waals surface area contributed by atoms with Crippen LogP contribution in [-0.2, 0) is 20.7 Å². The Kier molecular flexibility index (Phi) is 10.8. The third kappa shape index (κ3) is 7.33. The number of rotatable bonds is 12. The van der Waals surface area contributed by atoms with Crippen LogP contribution in [0.3, 0.4) is 0 Å². The molecule has 3 aromatic rings. The van der Waals surface area contributed by atoms with E-state index in [0.29, 0.717) is 50.4 Å². The fourth-order valence-electron chi connectivity index (χ4n) is 4.15. The highest BCUT2D eigenvalue weighted by atomic mass is 79.9. The Morgan fingerprint density at radius 1 is 1.02 bits per heavy atom. The van der Waals surface area contributed by atoms with E-state index < -0.39 is 12.0 Å². The summed E-state index contributed by atoms with van der Waals surface area (Å²) in [5, 5.41) is 0. The van der Waals surface area contributed by atoms with Crippen molar-refractivity contribution in [1.82, 2.24) is 4.90 Å². The van der Waals surface area contributed by atoms with Crippen LogP contribution in [0.2, 0.25) is 0 Å². The molecule has 4 rings (SSSR count). The van der Waals surface area contributed by atoms with E-state index in [1.54, 1.807) is 18.2 Å². The van der Waals surface area contributed by atoms with Gasteiger partial charge in [0.05, 0.1) is 29.2 Å². The molecule has 1 heterocycles. The molecule has 0 spiro atoms. The zero-order valence-corrected chi connectivity index (χ0v) is 25.5. The van der Waals surface area contributed by atoms with Gasteiger partial charge in [0, 0.05) is 6.42 Å². The molecule has 9 heteroatoms. The summed E-state index contributed by atoms with van der Waals surface area (Å²) < 4.78 is 18.4. The third-order valence-corrected chi connectivity index (χ3v) is 7.90. The van der Waals surface area contributed by atoms with Gasteiger partial charge in [-0.2, -0.15) is 0 Å². The van der Waals surface area contributed by atoms with Crippen LogP contribution in [0.25, 0.3) is 6.08 Å². The fraction of sp³-hybridized carbons (Fsp3) is 0.258. The van der Waals surface area contributed by atoms with Crippen molar-refractivity contribution in [2.24, 2.45) is 0 Å². The van der Waals surface area contributed by atoms with Gasteiger partial charge in [-0.25, -0.2) is 4.79 Å². The zero-order chi connectivity index (χ0) is 28.5. The molecule has 0 N–H and O–H groups in total. The summed E-state index contributed by atoms with van der Waals surface area (Å²) in [6.45, 7) is 5.02. The van der Waals surface area contributed by atoms with E-state index in [1.165, 1.54) is 10.5 Å². The molecule has 1 amide bonds.